The third kappa shape index (κ3) is 2.80. The first-order valence-corrected chi connectivity index (χ1v) is 4.02. The van der Waals surface area contributed by atoms with Crippen LogP contribution in [-0.2, 0) is 0 Å². The van der Waals surface area contributed by atoms with E-state index in [1.165, 1.54) is 6.92 Å². The Kier molecular flexibility index (Phi) is 3.07. The van der Waals surface area contributed by atoms with Crippen molar-refractivity contribution in [3.8, 4) is 5.75 Å². The van der Waals surface area contributed by atoms with E-state index in [0.717, 1.165) is 12.1 Å². The molecule has 1 rings (SSSR count). The number of rotatable bonds is 2. The number of halogens is 6. The van der Waals surface area contributed by atoms with Gasteiger partial charge < -0.3 is 4.74 Å². The lowest BCUT2D eigenvalue weighted by Crippen LogP contribution is -2.41. The SMILES string of the molecule is Cc1cc(F)cc(OC(F)(F)C(F)(F)F)c1. The Bertz CT molecular complexity index is 364. The molecule has 1 aromatic rings. The average molecular weight is 244 g/mol. The van der Waals surface area contributed by atoms with Gasteiger partial charge in [-0.2, -0.15) is 22.0 Å². The van der Waals surface area contributed by atoms with Gasteiger partial charge in [-0.25, -0.2) is 4.39 Å². The summed E-state index contributed by atoms with van der Waals surface area (Å²) in [5.74, 6) is -1.83. The zero-order chi connectivity index (χ0) is 12.6. The largest absolute Gasteiger partial charge is 0.499 e. The van der Waals surface area contributed by atoms with Crippen LogP contribution in [0.1, 0.15) is 5.56 Å². The molecule has 0 radical (unpaired) electrons. The van der Waals surface area contributed by atoms with Gasteiger partial charge in [0.1, 0.15) is 11.6 Å². The minimum atomic E-state index is -5.84. The molecule has 16 heavy (non-hydrogen) atoms. The normalized spacial score (nSPS) is 12.7. The summed E-state index contributed by atoms with van der Waals surface area (Å²) in [6.45, 7) is 1.33. The molecule has 0 saturated heterocycles. The summed E-state index contributed by atoms with van der Waals surface area (Å²) in [4.78, 5) is 0. The van der Waals surface area contributed by atoms with E-state index in [4.69, 9.17) is 0 Å². The van der Waals surface area contributed by atoms with Crippen LogP contribution in [0, 0.1) is 12.7 Å². The first-order chi connectivity index (χ1) is 7.12. The van der Waals surface area contributed by atoms with E-state index in [9.17, 15) is 26.3 Å². The van der Waals surface area contributed by atoms with Gasteiger partial charge in [0, 0.05) is 6.07 Å². The second-order valence-corrected chi connectivity index (χ2v) is 3.08. The van der Waals surface area contributed by atoms with Crippen molar-refractivity contribution in [1.82, 2.24) is 0 Å². The van der Waals surface area contributed by atoms with Crippen LogP contribution in [0.4, 0.5) is 26.3 Å². The van der Waals surface area contributed by atoms with E-state index in [0.29, 0.717) is 6.07 Å². The van der Waals surface area contributed by atoms with Crippen molar-refractivity contribution in [2.45, 2.75) is 19.2 Å². The fourth-order valence-corrected chi connectivity index (χ4v) is 0.968. The molecule has 0 saturated carbocycles. The Labute approximate surface area is 86.6 Å². The number of benzene rings is 1. The minimum Gasteiger partial charge on any atom is -0.426 e. The zero-order valence-corrected chi connectivity index (χ0v) is 7.91. The maximum atomic E-state index is 12.7. The Balaban J connectivity index is 2.96. The summed E-state index contributed by atoms with van der Waals surface area (Å²) >= 11 is 0. The maximum absolute atomic E-state index is 12.7. The van der Waals surface area contributed by atoms with E-state index >= 15 is 0 Å². The molecule has 0 aliphatic rings. The number of aryl methyl sites for hydroxylation is 1. The quantitative estimate of drug-likeness (QED) is 0.721. The number of alkyl halides is 5. The molecule has 0 aliphatic heterocycles. The molecule has 0 aliphatic carbocycles. The number of hydrogen-bond donors (Lipinski definition) is 0. The molecule has 0 heterocycles. The van der Waals surface area contributed by atoms with Gasteiger partial charge in [0.25, 0.3) is 0 Å². The predicted molar refractivity (Wildman–Crippen MR) is 42.8 cm³/mol. The van der Waals surface area contributed by atoms with Crippen LogP contribution >= 0.6 is 0 Å². The third-order valence-electron chi connectivity index (χ3n) is 1.59. The lowest BCUT2D eigenvalue weighted by atomic mass is 10.2. The van der Waals surface area contributed by atoms with Gasteiger partial charge >= 0.3 is 12.3 Å². The minimum absolute atomic E-state index is 0.174. The smallest absolute Gasteiger partial charge is 0.426 e. The average Bonchev–Trinajstić information content (AvgIpc) is 1.97. The Morgan fingerprint density at radius 3 is 2.00 bits per heavy atom. The van der Waals surface area contributed by atoms with Gasteiger partial charge in [-0.05, 0) is 24.6 Å². The van der Waals surface area contributed by atoms with E-state index in [1.807, 2.05) is 0 Å². The van der Waals surface area contributed by atoms with Crippen molar-refractivity contribution in [1.29, 1.82) is 0 Å². The van der Waals surface area contributed by atoms with Crippen molar-refractivity contribution in [2.75, 3.05) is 0 Å². The second-order valence-electron chi connectivity index (χ2n) is 3.08. The van der Waals surface area contributed by atoms with E-state index < -0.39 is 23.9 Å². The lowest BCUT2D eigenvalue weighted by molar-refractivity contribution is -0.360. The van der Waals surface area contributed by atoms with Crippen LogP contribution in [0.25, 0.3) is 0 Å². The van der Waals surface area contributed by atoms with E-state index in [1.54, 1.807) is 0 Å². The van der Waals surface area contributed by atoms with Crippen LogP contribution in [0.15, 0.2) is 18.2 Å². The highest BCUT2D eigenvalue weighted by Crippen LogP contribution is 2.37. The number of hydrogen-bond acceptors (Lipinski definition) is 1. The van der Waals surface area contributed by atoms with Gasteiger partial charge in [-0.15, -0.1) is 0 Å². The van der Waals surface area contributed by atoms with Crippen LogP contribution in [0.5, 0.6) is 5.75 Å². The first-order valence-electron chi connectivity index (χ1n) is 4.02. The molecular weight excluding hydrogens is 238 g/mol. The van der Waals surface area contributed by atoms with Gasteiger partial charge in [0.2, 0.25) is 0 Å². The molecule has 0 atom stereocenters. The van der Waals surface area contributed by atoms with Crippen LogP contribution in [-0.4, -0.2) is 12.3 Å². The molecule has 0 aromatic heterocycles. The van der Waals surface area contributed by atoms with Crippen molar-refractivity contribution < 1.29 is 31.1 Å². The molecule has 0 N–H and O–H groups in total. The fourth-order valence-electron chi connectivity index (χ4n) is 0.968. The monoisotopic (exact) mass is 244 g/mol. The molecular formula is C9H6F6O. The van der Waals surface area contributed by atoms with Crippen LogP contribution < -0.4 is 4.74 Å². The van der Waals surface area contributed by atoms with Crippen LogP contribution in [0.2, 0.25) is 0 Å². The highest BCUT2D eigenvalue weighted by molar-refractivity contribution is 5.29. The summed E-state index contributed by atoms with van der Waals surface area (Å²) in [6.07, 6.45) is -11.2. The molecule has 1 nitrogen and oxygen atoms in total. The maximum Gasteiger partial charge on any atom is 0.499 e. The van der Waals surface area contributed by atoms with Gasteiger partial charge in [-0.1, -0.05) is 0 Å². The molecule has 1 aromatic carbocycles. The third-order valence-corrected chi connectivity index (χ3v) is 1.59. The summed E-state index contributed by atoms with van der Waals surface area (Å²) in [5, 5.41) is 0. The van der Waals surface area contributed by atoms with Gasteiger partial charge in [-0.3, -0.25) is 0 Å². The van der Waals surface area contributed by atoms with Crippen molar-refractivity contribution >= 4 is 0 Å². The Morgan fingerprint density at radius 2 is 1.56 bits per heavy atom. The molecule has 0 unspecified atom stereocenters. The topological polar surface area (TPSA) is 9.23 Å². The summed E-state index contributed by atoms with van der Waals surface area (Å²) in [7, 11) is 0. The van der Waals surface area contributed by atoms with Crippen molar-refractivity contribution in [3.05, 3.63) is 29.6 Å². The van der Waals surface area contributed by atoms with Crippen molar-refractivity contribution in [2.24, 2.45) is 0 Å². The number of ether oxygens (including phenoxy) is 1. The molecule has 0 fully saturated rings. The zero-order valence-electron chi connectivity index (χ0n) is 7.91. The van der Waals surface area contributed by atoms with Gasteiger partial charge in [0.15, 0.2) is 0 Å². The summed E-state index contributed by atoms with van der Waals surface area (Å²) in [5.41, 5.74) is 0.174. The first kappa shape index (κ1) is 12.7. The molecule has 0 amide bonds. The van der Waals surface area contributed by atoms with Crippen molar-refractivity contribution in [3.63, 3.8) is 0 Å². The Hall–Kier alpha value is -1.40. The summed E-state index contributed by atoms with van der Waals surface area (Å²) in [6, 6.07) is 2.30. The lowest BCUT2D eigenvalue weighted by Gasteiger charge is -2.20. The molecule has 0 bridgehead atoms. The predicted octanol–water partition coefficient (Wildman–Crippen LogP) is 3.67. The Morgan fingerprint density at radius 1 is 1.00 bits per heavy atom. The summed E-state index contributed by atoms with van der Waals surface area (Å²) < 4.78 is 76.2. The second kappa shape index (κ2) is 3.88. The highest BCUT2D eigenvalue weighted by Gasteiger charge is 2.61. The molecule has 0 spiro atoms. The van der Waals surface area contributed by atoms with Gasteiger partial charge in [0.05, 0.1) is 0 Å². The molecule has 7 heteroatoms. The standard InChI is InChI=1S/C9H6F6O/c1-5-2-6(10)4-7(3-5)16-9(14,15)8(11,12)13/h2-4H,1H3. The fraction of sp³-hybridized carbons (Fsp3) is 0.333. The molecule has 90 valence electrons. The van der Waals surface area contributed by atoms with Crippen LogP contribution in [0.3, 0.4) is 0 Å². The van der Waals surface area contributed by atoms with E-state index in [-0.39, 0.29) is 5.56 Å². The highest BCUT2D eigenvalue weighted by atomic mass is 19.4. The van der Waals surface area contributed by atoms with E-state index in [2.05, 4.69) is 4.74 Å².